The Bertz CT molecular complexity index is 1870. The van der Waals surface area contributed by atoms with Crippen LogP contribution in [0.3, 0.4) is 0 Å². The van der Waals surface area contributed by atoms with E-state index in [4.69, 9.17) is 31.9 Å². The number of halogens is 2. The standard InChI is InChI=1S/C31H34ClFN6O4S/c1-17(2)39-30-23(18-4-7-20(8-5-18)36-21-15-43-16-21)14-35-31(34)28(30)29(37-39)19-6-11-26(25(33)12-19)38-44(40,41)27-13-22(42-3)9-10-24(27)32/h4,6,9-14,17,20-21,36,38H,5,7-8,15-16H2,1-3H3,(H2,34,35)/t20-/m1/s1. The molecule has 1 saturated heterocycles. The molecule has 4 aromatic rings. The van der Waals surface area contributed by atoms with Gasteiger partial charge in [-0.05, 0) is 62.9 Å². The maximum absolute atomic E-state index is 15.5. The summed E-state index contributed by atoms with van der Waals surface area (Å²) in [6.45, 7) is 5.56. The molecule has 1 atom stereocenters. The Morgan fingerprint density at radius 1 is 1.18 bits per heavy atom. The number of nitrogen functional groups attached to an aromatic ring is 1. The van der Waals surface area contributed by atoms with Crippen LogP contribution in [0.5, 0.6) is 5.75 Å². The van der Waals surface area contributed by atoms with Crippen molar-refractivity contribution in [3.63, 3.8) is 0 Å². The Labute approximate surface area is 260 Å². The van der Waals surface area contributed by atoms with Crippen LogP contribution in [0.4, 0.5) is 15.9 Å². The molecule has 10 nitrogen and oxygen atoms in total. The van der Waals surface area contributed by atoms with E-state index < -0.39 is 15.8 Å². The van der Waals surface area contributed by atoms with E-state index in [9.17, 15) is 8.42 Å². The highest BCUT2D eigenvalue weighted by Crippen LogP contribution is 2.40. The Balaban J connectivity index is 1.35. The molecule has 0 radical (unpaired) electrons. The van der Waals surface area contributed by atoms with Crippen LogP contribution in [0.15, 0.2) is 53.6 Å². The molecule has 6 rings (SSSR count). The number of nitrogens with zero attached hydrogens (tertiary/aromatic N) is 3. The van der Waals surface area contributed by atoms with Gasteiger partial charge in [0.05, 0.1) is 48.0 Å². The van der Waals surface area contributed by atoms with Crippen LogP contribution in [-0.2, 0) is 14.8 Å². The van der Waals surface area contributed by atoms with Crippen molar-refractivity contribution < 1.29 is 22.3 Å². The number of hydrogen-bond acceptors (Lipinski definition) is 8. The van der Waals surface area contributed by atoms with E-state index in [-0.39, 0.29) is 27.5 Å². The van der Waals surface area contributed by atoms with Crippen LogP contribution in [-0.4, -0.2) is 55.6 Å². The van der Waals surface area contributed by atoms with Crippen molar-refractivity contribution in [3.05, 3.63) is 65.1 Å². The number of hydrogen-bond donors (Lipinski definition) is 3. The van der Waals surface area contributed by atoms with Gasteiger partial charge < -0.3 is 20.5 Å². The van der Waals surface area contributed by atoms with Gasteiger partial charge in [0.1, 0.15) is 28.0 Å². The minimum Gasteiger partial charge on any atom is -0.497 e. The lowest BCUT2D eigenvalue weighted by atomic mass is 9.89. The Hall–Kier alpha value is -3.71. The molecular weight excluding hydrogens is 607 g/mol. The van der Waals surface area contributed by atoms with Crippen molar-refractivity contribution in [2.75, 3.05) is 30.8 Å². The molecule has 1 aliphatic heterocycles. The van der Waals surface area contributed by atoms with Crippen molar-refractivity contribution in [2.45, 2.75) is 56.1 Å². The number of sulfonamides is 1. The summed E-state index contributed by atoms with van der Waals surface area (Å²) < 4.78 is 56.3. The normalized spacial score (nSPS) is 17.5. The lowest BCUT2D eigenvalue weighted by molar-refractivity contribution is -0.0103. The highest BCUT2D eigenvalue weighted by Gasteiger charge is 2.27. The van der Waals surface area contributed by atoms with Gasteiger partial charge in [-0.15, -0.1) is 0 Å². The molecule has 0 amide bonds. The fourth-order valence-corrected chi connectivity index (χ4v) is 7.25. The molecule has 2 aromatic heterocycles. The average Bonchev–Trinajstić information content (AvgIpc) is 3.39. The number of anilines is 2. The summed E-state index contributed by atoms with van der Waals surface area (Å²) in [5.41, 5.74) is 10.1. The summed E-state index contributed by atoms with van der Waals surface area (Å²) in [4.78, 5) is 4.29. The van der Waals surface area contributed by atoms with Crippen molar-refractivity contribution in [1.82, 2.24) is 20.1 Å². The number of nitrogens with one attached hydrogen (secondary N) is 2. The number of aromatic nitrogens is 3. The number of nitrogens with two attached hydrogens (primary N) is 1. The minimum absolute atomic E-state index is 0.0207. The maximum atomic E-state index is 15.5. The van der Waals surface area contributed by atoms with Crippen LogP contribution >= 0.6 is 11.6 Å². The second-order valence-electron chi connectivity index (χ2n) is 11.4. The second-order valence-corrected chi connectivity index (χ2v) is 13.4. The molecular formula is C31H34ClFN6O4S. The monoisotopic (exact) mass is 640 g/mol. The summed E-state index contributed by atoms with van der Waals surface area (Å²) in [7, 11) is -2.81. The highest BCUT2D eigenvalue weighted by molar-refractivity contribution is 7.92. The number of methoxy groups -OCH3 is 1. The molecule has 2 aliphatic rings. The van der Waals surface area contributed by atoms with E-state index >= 15 is 4.39 Å². The molecule has 2 aromatic carbocycles. The predicted octanol–water partition coefficient (Wildman–Crippen LogP) is 5.79. The molecule has 0 unspecified atom stereocenters. The molecule has 4 N–H and O–H groups in total. The van der Waals surface area contributed by atoms with Crippen molar-refractivity contribution >= 4 is 49.6 Å². The van der Waals surface area contributed by atoms with Gasteiger partial charge in [-0.3, -0.25) is 9.40 Å². The van der Waals surface area contributed by atoms with Gasteiger partial charge in [-0.1, -0.05) is 23.7 Å². The lowest BCUT2D eigenvalue weighted by Crippen LogP contribution is -2.50. The van der Waals surface area contributed by atoms with Crippen molar-refractivity contribution in [2.24, 2.45) is 0 Å². The largest absolute Gasteiger partial charge is 0.497 e. The zero-order valence-electron chi connectivity index (χ0n) is 24.6. The van der Waals surface area contributed by atoms with Crippen LogP contribution in [0.1, 0.15) is 44.7 Å². The third kappa shape index (κ3) is 5.74. The summed E-state index contributed by atoms with van der Waals surface area (Å²) in [5, 5.41) is 9.14. The molecule has 0 spiro atoms. The van der Waals surface area contributed by atoms with Crippen LogP contribution in [0.2, 0.25) is 5.02 Å². The molecule has 13 heteroatoms. The van der Waals surface area contributed by atoms with E-state index in [1.54, 1.807) is 12.3 Å². The Kier molecular flexibility index (Phi) is 8.27. The zero-order valence-corrected chi connectivity index (χ0v) is 26.2. The van der Waals surface area contributed by atoms with Crippen molar-refractivity contribution in [1.29, 1.82) is 0 Å². The first-order chi connectivity index (χ1) is 21.1. The van der Waals surface area contributed by atoms with Gasteiger partial charge >= 0.3 is 0 Å². The van der Waals surface area contributed by atoms with Crippen LogP contribution in [0.25, 0.3) is 27.7 Å². The number of rotatable bonds is 9. The van der Waals surface area contributed by atoms with Gasteiger partial charge in [-0.2, -0.15) is 5.10 Å². The fourth-order valence-electron chi connectivity index (χ4n) is 5.66. The molecule has 1 aliphatic carbocycles. The van der Waals surface area contributed by atoms with E-state index in [1.165, 1.54) is 43.0 Å². The summed E-state index contributed by atoms with van der Waals surface area (Å²) in [6.07, 6.45) is 6.79. The number of pyridine rings is 1. The first-order valence-electron chi connectivity index (χ1n) is 14.4. The van der Waals surface area contributed by atoms with E-state index in [1.807, 2.05) is 18.5 Å². The second kappa shape index (κ2) is 12.0. The third-order valence-corrected chi connectivity index (χ3v) is 9.87. The predicted molar refractivity (Wildman–Crippen MR) is 170 cm³/mol. The fraction of sp³-hybridized carbons (Fsp3) is 0.355. The van der Waals surface area contributed by atoms with E-state index in [2.05, 4.69) is 21.1 Å². The van der Waals surface area contributed by atoms with Crippen LogP contribution < -0.4 is 20.5 Å². The lowest BCUT2D eigenvalue weighted by Gasteiger charge is -2.33. The van der Waals surface area contributed by atoms with Crippen LogP contribution in [0, 0.1) is 5.82 Å². The van der Waals surface area contributed by atoms with Crippen molar-refractivity contribution in [3.8, 4) is 17.0 Å². The first kappa shape index (κ1) is 30.3. The number of allylic oxidation sites excluding steroid dienone is 1. The summed E-state index contributed by atoms with van der Waals surface area (Å²) in [6, 6.07) is 9.21. The van der Waals surface area contributed by atoms with Gasteiger partial charge in [0.15, 0.2) is 0 Å². The topological polar surface area (TPSA) is 133 Å². The highest BCUT2D eigenvalue weighted by atomic mass is 35.5. The van der Waals surface area contributed by atoms with Gasteiger partial charge in [-0.25, -0.2) is 17.8 Å². The Morgan fingerprint density at radius 2 is 1.98 bits per heavy atom. The number of fused-ring (bicyclic) bond motifs is 1. The summed E-state index contributed by atoms with van der Waals surface area (Å²) in [5.74, 6) is -0.206. The average molecular weight is 641 g/mol. The third-order valence-electron chi connectivity index (χ3n) is 8.02. The van der Waals surface area contributed by atoms with Gasteiger partial charge in [0, 0.05) is 35.5 Å². The molecule has 1 fully saturated rings. The smallest absolute Gasteiger partial charge is 0.263 e. The quantitative estimate of drug-likeness (QED) is 0.209. The number of benzene rings is 2. The molecule has 3 heterocycles. The SMILES string of the molecule is COc1ccc(Cl)c(S(=O)(=O)Nc2ccc(-c3nn(C(C)C)c4c(C5=CC[C@@H](NC6COC6)CC5)cnc(N)c34)cc2F)c1. The van der Waals surface area contributed by atoms with E-state index in [0.717, 1.165) is 43.6 Å². The Morgan fingerprint density at radius 3 is 2.61 bits per heavy atom. The summed E-state index contributed by atoms with van der Waals surface area (Å²) >= 11 is 6.14. The zero-order chi connectivity index (χ0) is 31.2. The van der Waals surface area contributed by atoms with Gasteiger partial charge in [0.25, 0.3) is 10.0 Å². The molecule has 232 valence electrons. The molecule has 0 bridgehead atoms. The maximum Gasteiger partial charge on any atom is 0.263 e. The number of ether oxygens (including phenoxy) is 2. The van der Waals surface area contributed by atoms with E-state index in [0.29, 0.717) is 34.5 Å². The van der Waals surface area contributed by atoms with Gasteiger partial charge in [0.2, 0.25) is 0 Å². The minimum atomic E-state index is -4.22. The molecule has 44 heavy (non-hydrogen) atoms. The first-order valence-corrected chi connectivity index (χ1v) is 16.3. The molecule has 0 saturated carbocycles.